The van der Waals surface area contributed by atoms with Crippen molar-refractivity contribution in [2.24, 2.45) is 0 Å². The van der Waals surface area contributed by atoms with Crippen molar-refractivity contribution in [1.29, 1.82) is 0 Å². The van der Waals surface area contributed by atoms with E-state index in [0.717, 1.165) is 11.3 Å². The Morgan fingerprint density at radius 1 is 1.04 bits per heavy atom. The minimum Gasteiger partial charge on any atom is -0.440 e. The fourth-order valence-corrected chi connectivity index (χ4v) is 3.12. The molecule has 4 rings (SSSR count). The number of halogens is 1. The standard InChI is InChI=1S/C17H12ClN5OS/c18-13-8-6-12(7-9-13)15-10-19-16(24-15)11-25-17-20-21-22-23(17)14-4-2-1-3-5-14/h1-10H,11H2. The number of aromatic nitrogens is 5. The second-order valence-corrected chi connectivity index (χ2v) is 6.50. The van der Waals surface area contributed by atoms with Crippen LogP contribution in [-0.4, -0.2) is 25.2 Å². The molecule has 0 aliphatic carbocycles. The van der Waals surface area contributed by atoms with E-state index in [1.807, 2.05) is 54.6 Å². The van der Waals surface area contributed by atoms with Crippen molar-refractivity contribution in [2.45, 2.75) is 10.9 Å². The lowest BCUT2D eigenvalue weighted by atomic mass is 10.2. The van der Waals surface area contributed by atoms with Crippen LogP contribution in [0.25, 0.3) is 17.0 Å². The summed E-state index contributed by atoms with van der Waals surface area (Å²) in [7, 11) is 0. The fraction of sp³-hybridized carbons (Fsp3) is 0.0588. The predicted molar refractivity (Wildman–Crippen MR) is 95.7 cm³/mol. The average Bonchev–Trinajstić information content (AvgIpc) is 3.31. The first-order valence-corrected chi connectivity index (χ1v) is 8.83. The lowest BCUT2D eigenvalue weighted by Crippen LogP contribution is -1.98. The SMILES string of the molecule is Clc1ccc(-c2cnc(CSc3nnnn3-c3ccccc3)o2)cc1. The zero-order valence-corrected chi connectivity index (χ0v) is 14.5. The van der Waals surface area contributed by atoms with Gasteiger partial charge in [0.2, 0.25) is 11.0 Å². The zero-order valence-electron chi connectivity index (χ0n) is 12.9. The fourth-order valence-electron chi connectivity index (χ4n) is 2.25. The van der Waals surface area contributed by atoms with Crippen LogP contribution in [0.2, 0.25) is 5.02 Å². The molecule has 0 unspecified atom stereocenters. The highest BCUT2D eigenvalue weighted by Crippen LogP contribution is 2.26. The number of thioether (sulfide) groups is 1. The van der Waals surface area contributed by atoms with Gasteiger partial charge in [-0.25, -0.2) is 4.98 Å². The van der Waals surface area contributed by atoms with E-state index in [9.17, 15) is 0 Å². The third-order valence-corrected chi connectivity index (χ3v) is 4.60. The molecule has 0 atom stereocenters. The molecular formula is C17H12ClN5OS. The molecule has 0 spiro atoms. The number of hydrogen-bond donors (Lipinski definition) is 0. The van der Waals surface area contributed by atoms with Gasteiger partial charge in [0.25, 0.3) is 0 Å². The number of tetrazole rings is 1. The van der Waals surface area contributed by atoms with Gasteiger partial charge in [0, 0.05) is 10.6 Å². The average molecular weight is 370 g/mol. The summed E-state index contributed by atoms with van der Waals surface area (Å²) in [4.78, 5) is 4.32. The second kappa shape index (κ2) is 7.08. The first-order chi connectivity index (χ1) is 12.3. The third-order valence-electron chi connectivity index (χ3n) is 3.45. The number of rotatable bonds is 5. The highest BCUT2D eigenvalue weighted by atomic mass is 35.5. The summed E-state index contributed by atoms with van der Waals surface area (Å²) in [6.07, 6.45) is 1.71. The smallest absolute Gasteiger partial charge is 0.214 e. The van der Waals surface area contributed by atoms with Gasteiger partial charge in [-0.2, -0.15) is 4.68 Å². The van der Waals surface area contributed by atoms with E-state index in [2.05, 4.69) is 20.5 Å². The molecule has 0 bridgehead atoms. The van der Waals surface area contributed by atoms with Crippen molar-refractivity contribution in [3.63, 3.8) is 0 Å². The highest BCUT2D eigenvalue weighted by molar-refractivity contribution is 7.98. The maximum Gasteiger partial charge on any atom is 0.214 e. The van der Waals surface area contributed by atoms with Crippen molar-refractivity contribution in [3.05, 3.63) is 71.7 Å². The number of hydrogen-bond acceptors (Lipinski definition) is 6. The van der Waals surface area contributed by atoms with E-state index >= 15 is 0 Å². The van der Waals surface area contributed by atoms with Gasteiger partial charge in [-0.1, -0.05) is 41.6 Å². The molecule has 6 nitrogen and oxygen atoms in total. The first kappa shape index (κ1) is 15.9. The second-order valence-electron chi connectivity index (χ2n) is 5.12. The number of nitrogens with zero attached hydrogens (tertiary/aromatic N) is 5. The molecule has 124 valence electrons. The Labute approximate surface area is 152 Å². The maximum atomic E-state index is 5.91. The van der Waals surface area contributed by atoms with Crippen LogP contribution in [-0.2, 0) is 5.75 Å². The van der Waals surface area contributed by atoms with Crippen molar-refractivity contribution < 1.29 is 4.42 Å². The van der Waals surface area contributed by atoms with Crippen LogP contribution in [0.15, 0.2) is 70.4 Å². The minimum absolute atomic E-state index is 0.529. The van der Waals surface area contributed by atoms with Gasteiger partial charge in [-0.3, -0.25) is 0 Å². The Hall–Kier alpha value is -2.64. The Bertz CT molecular complexity index is 968. The van der Waals surface area contributed by atoms with E-state index in [0.29, 0.717) is 27.6 Å². The largest absolute Gasteiger partial charge is 0.440 e. The summed E-state index contributed by atoms with van der Waals surface area (Å²) in [5.74, 6) is 1.84. The molecule has 4 aromatic rings. The maximum absolute atomic E-state index is 5.91. The predicted octanol–water partition coefficient (Wildman–Crippen LogP) is 4.26. The van der Waals surface area contributed by atoms with Gasteiger partial charge in [0.1, 0.15) is 0 Å². The summed E-state index contributed by atoms with van der Waals surface area (Å²) in [6, 6.07) is 17.2. The normalized spacial score (nSPS) is 10.9. The zero-order chi connectivity index (χ0) is 17.1. The summed E-state index contributed by atoms with van der Waals surface area (Å²) in [5, 5.41) is 13.2. The molecule has 25 heavy (non-hydrogen) atoms. The van der Waals surface area contributed by atoms with Gasteiger partial charge in [0.05, 0.1) is 17.6 Å². The molecule has 0 N–H and O–H groups in total. The Morgan fingerprint density at radius 2 is 1.84 bits per heavy atom. The van der Waals surface area contributed by atoms with Crippen LogP contribution in [0.1, 0.15) is 5.89 Å². The van der Waals surface area contributed by atoms with E-state index < -0.39 is 0 Å². The molecular weight excluding hydrogens is 358 g/mol. The van der Waals surface area contributed by atoms with Crippen LogP contribution in [0.4, 0.5) is 0 Å². The lowest BCUT2D eigenvalue weighted by Gasteiger charge is -2.02. The molecule has 0 saturated heterocycles. The highest BCUT2D eigenvalue weighted by Gasteiger charge is 2.12. The van der Waals surface area contributed by atoms with Crippen molar-refractivity contribution in [2.75, 3.05) is 0 Å². The molecule has 8 heteroatoms. The summed E-state index contributed by atoms with van der Waals surface area (Å²) >= 11 is 7.37. The van der Waals surface area contributed by atoms with Gasteiger partial charge in [0.15, 0.2) is 5.76 Å². The van der Waals surface area contributed by atoms with Crippen molar-refractivity contribution in [3.8, 4) is 17.0 Å². The molecule has 0 aliphatic heterocycles. The van der Waals surface area contributed by atoms with E-state index in [4.69, 9.17) is 16.0 Å². The topological polar surface area (TPSA) is 69.6 Å². The van der Waals surface area contributed by atoms with E-state index in [1.54, 1.807) is 10.9 Å². The number of para-hydroxylation sites is 1. The molecule has 0 fully saturated rings. The Balaban J connectivity index is 1.48. The minimum atomic E-state index is 0.529. The quantitative estimate of drug-likeness (QED) is 0.489. The number of benzene rings is 2. The molecule has 0 saturated carbocycles. The van der Waals surface area contributed by atoms with Crippen LogP contribution < -0.4 is 0 Å². The molecule has 0 amide bonds. The molecule has 2 heterocycles. The van der Waals surface area contributed by atoms with Gasteiger partial charge in [-0.15, -0.1) is 5.10 Å². The third kappa shape index (κ3) is 3.57. The van der Waals surface area contributed by atoms with Gasteiger partial charge >= 0.3 is 0 Å². The molecule has 2 aromatic carbocycles. The monoisotopic (exact) mass is 369 g/mol. The molecule has 0 radical (unpaired) electrons. The van der Waals surface area contributed by atoms with Crippen molar-refractivity contribution >= 4 is 23.4 Å². The summed E-state index contributed by atoms with van der Waals surface area (Å²) < 4.78 is 7.49. The number of oxazole rings is 1. The van der Waals surface area contributed by atoms with Crippen LogP contribution in [0, 0.1) is 0 Å². The van der Waals surface area contributed by atoms with Crippen LogP contribution in [0.3, 0.4) is 0 Å². The van der Waals surface area contributed by atoms with E-state index in [1.165, 1.54) is 11.8 Å². The Morgan fingerprint density at radius 3 is 2.64 bits per heavy atom. The van der Waals surface area contributed by atoms with Crippen LogP contribution in [0.5, 0.6) is 0 Å². The Kier molecular flexibility index (Phi) is 4.49. The first-order valence-electron chi connectivity index (χ1n) is 7.47. The van der Waals surface area contributed by atoms with Crippen molar-refractivity contribution in [1.82, 2.24) is 25.2 Å². The van der Waals surface area contributed by atoms with Crippen LogP contribution >= 0.6 is 23.4 Å². The molecule has 0 aliphatic rings. The lowest BCUT2D eigenvalue weighted by molar-refractivity contribution is 0.529. The molecule has 2 aromatic heterocycles. The summed E-state index contributed by atoms with van der Waals surface area (Å²) in [5.41, 5.74) is 1.84. The summed E-state index contributed by atoms with van der Waals surface area (Å²) in [6.45, 7) is 0. The van der Waals surface area contributed by atoms with Gasteiger partial charge < -0.3 is 4.42 Å². The van der Waals surface area contributed by atoms with Gasteiger partial charge in [-0.05, 0) is 46.8 Å². The van der Waals surface area contributed by atoms with E-state index in [-0.39, 0.29) is 0 Å².